The van der Waals surface area contributed by atoms with E-state index in [0.717, 1.165) is 28.3 Å². The van der Waals surface area contributed by atoms with Gasteiger partial charge in [-0.3, -0.25) is 13.9 Å². The van der Waals surface area contributed by atoms with Crippen molar-refractivity contribution in [1.82, 2.24) is 10.2 Å². The molecule has 47 heavy (non-hydrogen) atoms. The van der Waals surface area contributed by atoms with Crippen LogP contribution in [0.5, 0.6) is 5.75 Å². The third-order valence-corrected chi connectivity index (χ3v) is 9.88. The fourth-order valence-corrected chi connectivity index (χ4v) is 6.90. The maximum absolute atomic E-state index is 14.6. The molecule has 0 saturated carbocycles. The summed E-state index contributed by atoms with van der Waals surface area (Å²) < 4.78 is 35.2. The predicted molar refractivity (Wildman–Crippen MR) is 188 cm³/mol. The molecule has 1 N–H and O–H groups in total. The Hall–Kier alpha value is -4.05. The van der Waals surface area contributed by atoms with E-state index in [9.17, 15) is 18.0 Å². The topological polar surface area (TPSA) is 96.0 Å². The largest absolute Gasteiger partial charge is 0.495 e. The van der Waals surface area contributed by atoms with Gasteiger partial charge in [0.15, 0.2) is 0 Å². The fraction of sp³-hybridized carbons (Fsp3) is 0.278. The zero-order valence-electron chi connectivity index (χ0n) is 26.7. The lowest BCUT2D eigenvalue weighted by Gasteiger charge is -2.34. The van der Waals surface area contributed by atoms with Gasteiger partial charge in [0, 0.05) is 29.6 Å². The number of aryl methyl sites for hydroxylation is 1. The number of anilines is 1. The summed E-state index contributed by atoms with van der Waals surface area (Å²) in [6.45, 7) is 3.68. The average Bonchev–Trinajstić information content (AvgIpc) is 3.05. The molecule has 0 fully saturated rings. The van der Waals surface area contributed by atoms with Gasteiger partial charge in [0.1, 0.15) is 18.3 Å². The number of hydrogen-bond donors (Lipinski definition) is 1. The van der Waals surface area contributed by atoms with Gasteiger partial charge in [0.25, 0.3) is 10.0 Å². The van der Waals surface area contributed by atoms with Crippen LogP contribution in [0.1, 0.15) is 36.5 Å². The smallest absolute Gasteiger partial charge is 0.264 e. The van der Waals surface area contributed by atoms with Gasteiger partial charge in [0.2, 0.25) is 11.8 Å². The van der Waals surface area contributed by atoms with E-state index in [4.69, 9.17) is 27.9 Å². The molecule has 0 heterocycles. The highest BCUT2D eigenvalue weighted by atomic mass is 35.5. The minimum Gasteiger partial charge on any atom is -0.495 e. The highest BCUT2D eigenvalue weighted by Crippen LogP contribution is 2.35. The lowest BCUT2D eigenvalue weighted by molar-refractivity contribution is -0.140. The molecule has 1 atom stereocenters. The number of ether oxygens (including phenoxy) is 1. The van der Waals surface area contributed by atoms with Crippen LogP contribution < -0.4 is 14.4 Å². The lowest BCUT2D eigenvalue weighted by atomic mass is 10.0. The van der Waals surface area contributed by atoms with Gasteiger partial charge in [0.05, 0.1) is 17.7 Å². The summed E-state index contributed by atoms with van der Waals surface area (Å²) in [7, 11) is -2.92. The van der Waals surface area contributed by atoms with Crippen LogP contribution in [-0.2, 0) is 32.6 Å². The van der Waals surface area contributed by atoms with E-state index in [1.165, 1.54) is 30.2 Å². The van der Waals surface area contributed by atoms with Gasteiger partial charge >= 0.3 is 0 Å². The van der Waals surface area contributed by atoms with Crippen LogP contribution in [0.3, 0.4) is 0 Å². The molecular weight excluding hydrogens is 657 g/mol. The molecule has 1 unspecified atom stereocenters. The molecule has 0 aromatic heterocycles. The maximum atomic E-state index is 14.6. The number of hydrogen-bond acceptors (Lipinski definition) is 5. The number of amides is 2. The number of unbranched alkanes of at least 4 members (excludes halogenated alkanes) is 1. The summed E-state index contributed by atoms with van der Waals surface area (Å²) in [5.74, 6) is -0.738. The van der Waals surface area contributed by atoms with Crippen LogP contribution in [0.15, 0.2) is 102 Å². The van der Waals surface area contributed by atoms with Crippen molar-refractivity contribution in [3.63, 3.8) is 0 Å². The molecular formula is C36H39Cl2N3O5S. The first kappa shape index (κ1) is 35.8. The van der Waals surface area contributed by atoms with Crippen molar-refractivity contribution in [1.29, 1.82) is 0 Å². The van der Waals surface area contributed by atoms with E-state index in [1.807, 2.05) is 50.2 Å². The fourth-order valence-electron chi connectivity index (χ4n) is 5.10. The highest BCUT2D eigenvalue weighted by molar-refractivity contribution is 7.92. The Morgan fingerprint density at radius 3 is 2.21 bits per heavy atom. The second-order valence-electron chi connectivity index (χ2n) is 11.1. The number of sulfonamides is 1. The van der Waals surface area contributed by atoms with Gasteiger partial charge in [-0.25, -0.2) is 8.42 Å². The average molecular weight is 697 g/mol. The Labute approximate surface area is 287 Å². The number of benzene rings is 4. The minimum atomic E-state index is -4.33. The van der Waals surface area contributed by atoms with Gasteiger partial charge in [-0.1, -0.05) is 96.7 Å². The summed E-state index contributed by atoms with van der Waals surface area (Å²) in [5, 5.41) is 3.70. The molecule has 248 valence electrons. The highest BCUT2D eigenvalue weighted by Gasteiger charge is 2.35. The summed E-state index contributed by atoms with van der Waals surface area (Å²) >= 11 is 12.7. The number of carbonyl (C=O) groups is 2. The molecule has 2 amide bonds. The Kier molecular flexibility index (Phi) is 12.7. The monoisotopic (exact) mass is 695 g/mol. The first-order chi connectivity index (χ1) is 22.5. The number of methoxy groups -OCH3 is 1. The SMILES string of the molecule is CCCCNC(=O)C(Cc1ccccc1)N(Cc1cccc(Cl)c1)C(=O)CN(c1cc(Cl)ccc1OC)S(=O)(=O)c1ccc(C)cc1. The van der Waals surface area contributed by atoms with Crippen molar-refractivity contribution >= 4 is 50.7 Å². The van der Waals surface area contributed by atoms with E-state index in [1.54, 1.807) is 42.5 Å². The number of halogens is 2. The summed E-state index contributed by atoms with van der Waals surface area (Å²) in [6, 6.07) is 26.3. The quantitative estimate of drug-likeness (QED) is 0.134. The Morgan fingerprint density at radius 1 is 0.872 bits per heavy atom. The Balaban J connectivity index is 1.84. The maximum Gasteiger partial charge on any atom is 0.264 e. The standard InChI is InChI=1S/C36H39Cl2N3O5S/c1-4-5-20-39-36(43)33(22-27-10-7-6-8-11-27)40(24-28-12-9-13-29(37)21-28)35(42)25-41(32-23-30(38)16-19-34(32)46-3)47(44,45)31-17-14-26(2)15-18-31/h6-19,21,23,33H,4-5,20,22,24-25H2,1-3H3,(H,39,43). The van der Waals surface area contributed by atoms with Crippen molar-refractivity contribution in [2.24, 2.45) is 0 Å². The van der Waals surface area contributed by atoms with Crippen LogP contribution in [0, 0.1) is 6.92 Å². The zero-order chi connectivity index (χ0) is 34.0. The van der Waals surface area contributed by atoms with E-state index in [2.05, 4.69) is 5.32 Å². The lowest BCUT2D eigenvalue weighted by Crippen LogP contribution is -2.53. The van der Waals surface area contributed by atoms with Crippen LogP contribution in [-0.4, -0.2) is 51.4 Å². The third kappa shape index (κ3) is 9.50. The summed E-state index contributed by atoms with van der Waals surface area (Å²) in [5.41, 5.74) is 2.48. The van der Waals surface area contributed by atoms with Gasteiger partial charge in [-0.05, 0) is 66.9 Å². The van der Waals surface area contributed by atoms with Crippen molar-refractivity contribution < 1.29 is 22.7 Å². The Bertz CT molecular complexity index is 1770. The molecule has 0 aliphatic rings. The van der Waals surface area contributed by atoms with Crippen molar-refractivity contribution in [3.05, 3.63) is 124 Å². The molecule has 0 aliphatic heterocycles. The van der Waals surface area contributed by atoms with Crippen molar-refractivity contribution in [2.45, 2.75) is 50.6 Å². The first-order valence-corrected chi connectivity index (χ1v) is 17.5. The molecule has 11 heteroatoms. The molecule has 8 nitrogen and oxygen atoms in total. The number of rotatable bonds is 15. The van der Waals surface area contributed by atoms with Crippen molar-refractivity contribution in [2.75, 3.05) is 24.5 Å². The first-order valence-electron chi connectivity index (χ1n) is 15.3. The molecule has 0 saturated heterocycles. The van der Waals surface area contributed by atoms with Gasteiger partial charge < -0.3 is 15.0 Å². The molecule has 0 bridgehead atoms. The molecule has 4 aromatic rings. The molecule has 0 aliphatic carbocycles. The second-order valence-corrected chi connectivity index (χ2v) is 13.9. The van der Waals surface area contributed by atoms with Crippen LogP contribution >= 0.6 is 23.2 Å². The molecule has 0 spiro atoms. The van der Waals surface area contributed by atoms with Gasteiger partial charge in [-0.2, -0.15) is 0 Å². The molecule has 4 rings (SSSR count). The van der Waals surface area contributed by atoms with E-state index >= 15 is 0 Å². The summed E-state index contributed by atoms with van der Waals surface area (Å²) in [6.07, 6.45) is 1.85. The second kappa shape index (κ2) is 16.7. The Morgan fingerprint density at radius 2 is 1.55 bits per heavy atom. The zero-order valence-corrected chi connectivity index (χ0v) is 29.0. The number of carbonyl (C=O) groups excluding carboxylic acids is 2. The summed E-state index contributed by atoms with van der Waals surface area (Å²) in [4.78, 5) is 29.9. The van der Waals surface area contributed by atoms with E-state index < -0.39 is 28.5 Å². The third-order valence-electron chi connectivity index (χ3n) is 7.64. The van der Waals surface area contributed by atoms with Crippen LogP contribution in [0.25, 0.3) is 0 Å². The molecule has 0 radical (unpaired) electrons. The van der Waals surface area contributed by atoms with Crippen LogP contribution in [0.2, 0.25) is 10.0 Å². The van der Waals surface area contributed by atoms with E-state index in [0.29, 0.717) is 17.1 Å². The van der Waals surface area contributed by atoms with E-state index in [-0.39, 0.29) is 40.2 Å². The van der Waals surface area contributed by atoms with Crippen molar-refractivity contribution in [3.8, 4) is 5.75 Å². The molecule has 4 aromatic carbocycles. The van der Waals surface area contributed by atoms with Gasteiger partial charge in [-0.15, -0.1) is 0 Å². The predicted octanol–water partition coefficient (Wildman–Crippen LogP) is 7.06. The minimum absolute atomic E-state index is 0.00317. The normalized spacial score (nSPS) is 11.9. The number of nitrogens with one attached hydrogen (secondary N) is 1. The number of nitrogens with zero attached hydrogens (tertiary/aromatic N) is 2. The van der Waals surface area contributed by atoms with Crippen LogP contribution in [0.4, 0.5) is 5.69 Å².